The van der Waals surface area contributed by atoms with Crippen LogP contribution in [0.3, 0.4) is 0 Å². The Kier molecular flexibility index (Phi) is 5.95. The van der Waals surface area contributed by atoms with Gasteiger partial charge >= 0.3 is 0 Å². The molecule has 1 atom stereocenters. The molecular formula is C21H25Cl2N5O2. The molecule has 3 aromatic rings. The van der Waals surface area contributed by atoms with E-state index in [2.05, 4.69) is 21.8 Å². The second-order valence-corrected chi connectivity index (χ2v) is 8.06. The predicted molar refractivity (Wildman–Crippen MR) is 120 cm³/mol. The standard InChI is InChI=1S/C21H25Cl2N5O2/c1-4-30-18-14(11-15(22)13(3)16(18)27-7-9-29-10-8-27)12(2)21-26-19(23)17-20(24)25-5-6-28(17)21/h5-6,11-12H,4,7-10H2,1-3H3,(H2,24,25). The van der Waals surface area contributed by atoms with Crippen LogP contribution in [-0.2, 0) is 4.74 Å². The van der Waals surface area contributed by atoms with E-state index in [4.69, 9.17) is 38.4 Å². The number of ether oxygens (including phenoxy) is 2. The fraction of sp³-hybridized carbons (Fsp3) is 0.429. The summed E-state index contributed by atoms with van der Waals surface area (Å²) in [4.78, 5) is 11.0. The zero-order valence-electron chi connectivity index (χ0n) is 17.3. The summed E-state index contributed by atoms with van der Waals surface area (Å²) in [5, 5.41) is 1.02. The third-order valence-corrected chi connectivity index (χ3v) is 6.17. The number of hydrogen-bond acceptors (Lipinski definition) is 6. The van der Waals surface area contributed by atoms with Crippen LogP contribution in [-0.4, -0.2) is 47.3 Å². The van der Waals surface area contributed by atoms with Crippen molar-refractivity contribution >= 4 is 40.2 Å². The van der Waals surface area contributed by atoms with Crippen LogP contribution in [0.1, 0.15) is 36.7 Å². The lowest BCUT2D eigenvalue weighted by Gasteiger charge is -2.33. The van der Waals surface area contributed by atoms with Gasteiger partial charge in [0, 0.05) is 42.0 Å². The number of aromatic nitrogens is 3. The van der Waals surface area contributed by atoms with Gasteiger partial charge in [-0.2, -0.15) is 0 Å². The number of fused-ring (bicyclic) bond motifs is 1. The molecule has 1 aliphatic heterocycles. The smallest absolute Gasteiger partial charge is 0.158 e. The molecule has 3 heterocycles. The first-order valence-corrected chi connectivity index (χ1v) is 10.8. The van der Waals surface area contributed by atoms with Crippen molar-refractivity contribution in [3.63, 3.8) is 0 Å². The van der Waals surface area contributed by atoms with Gasteiger partial charge in [-0.25, -0.2) is 9.97 Å². The molecule has 160 valence electrons. The highest BCUT2D eigenvalue weighted by molar-refractivity contribution is 6.33. The molecule has 4 rings (SSSR count). The van der Waals surface area contributed by atoms with E-state index >= 15 is 0 Å². The van der Waals surface area contributed by atoms with Crippen molar-refractivity contribution in [1.29, 1.82) is 0 Å². The number of nitrogens with two attached hydrogens (primary N) is 1. The number of morpholine rings is 1. The molecule has 0 aliphatic carbocycles. The number of imidazole rings is 1. The van der Waals surface area contributed by atoms with Gasteiger partial charge in [-0.05, 0) is 25.5 Å². The summed E-state index contributed by atoms with van der Waals surface area (Å²) in [6.45, 7) is 9.54. The number of nitrogen functional groups attached to an aromatic ring is 1. The van der Waals surface area contributed by atoms with Crippen molar-refractivity contribution in [2.24, 2.45) is 0 Å². The number of anilines is 2. The minimum atomic E-state index is -0.147. The maximum Gasteiger partial charge on any atom is 0.158 e. The van der Waals surface area contributed by atoms with E-state index in [1.165, 1.54) is 0 Å². The molecule has 0 radical (unpaired) electrons. The lowest BCUT2D eigenvalue weighted by atomic mass is 9.95. The number of hydrogen-bond donors (Lipinski definition) is 1. The first kappa shape index (κ1) is 21.0. The van der Waals surface area contributed by atoms with Crippen LogP contribution in [0.15, 0.2) is 18.5 Å². The van der Waals surface area contributed by atoms with Crippen LogP contribution in [0, 0.1) is 6.92 Å². The van der Waals surface area contributed by atoms with Crippen LogP contribution < -0.4 is 15.4 Å². The summed E-state index contributed by atoms with van der Waals surface area (Å²) < 4.78 is 13.6. The zero-order chi connectivity index (χ0) is 21.4. The molecule has 1 unspecified atom stereocenters. The van der Waals surface area contributed by atoms with E-state index < -0.39 is 0 Å². The van der Waals surface area contributed by atoms with Crippen LogP contribution in [0.25, 0.3) is 5.52 Å². The highest BCUT2D eigenvalue weighted by atomic mass is 35.5. The molecule has 0 bridgehead atoms. The van der Waals surface area contributed by atoms with E-state index in [0.29, 0.717) is 41.3 Å². The van der Waals surface area contributed by atoms with Crippen molar-refractivity contribution in [3.05, 3.63) is 45.6 Å². The Morgan fingerprint density at radius 1 is 1.30 bits per heavy atom. The molecule has 1 fully saturated rings. The number of halogens is 2. The minimum Gasteiger partial charge on any atom is -0.491 e. The highest BCUT2D eigenvalue weighted by Crippen LogP contribution is 2.44. The van der Waals surface area contributed by atoms with Crippen LogP contribution in [0.5, 0.6) is 5.75 Å². The van der Waals surface area contributed by atoms with Gasteiger partial charge in [0.2, 0.25) is 0 Å². The van der Waals surface area contributed by atoms with E-state index in [-0.39, 0.29) is 5.92 Å². The van der Waals surface area contributed by atoms with Gasteiger partial charge in [0.25, 0.3) is 0 Å². The van der Waals surface area contributed by atoms with Gasteiger partial charge in [0.05, 0.1) is 25.5 Å². The Balaban J connectivity index is 1.90. The van der Waals surface area contributed by atoms with E-state index in [9.17, 15) is 0 Å². The van der Waals surface area contributed by atoms with E-state index in [0.717, 1.165) is 41.5 Å². The Bertz CT molecular complexity index is 1080. The zero-order valence-corrected chi connectivity index (χ0v) is 18.8. The third kappa shape index (κ3) is 3.55. The Morgan fingerprint density at radius 2 is 2.03 bits per heavy atom. The fourth-order valence-electron chi connectivity index (χ4n) is 4.00. The topological polar surface area (TPSA) is 77.9 Å². The number of nitrogens with zero attached hydrogens (tertiary/aromatic N) is 4. The largest absolute Gasteiger partial charge is 0.491 e. The molecule has 2 N–H and O–H groups in total. The maximum atomic E-state index is 6.69. The van der Waals surface area contributed by atoms with Crippen molar-refractivity contribution in [2.45, 2.75) is 26.7 Å². The third-order valence-electron chi connectivity index (χ3n) is 5.51. The first-order chi connectivity index (χ1) is 14.4. The SMILES string of the molecule is CCOc1c(C(C)c2nc(Cl)c3c(N)nccn23)cc(Cl)c(C)c1N1CCOCC1. The highest BCUT2D eigenvalue weighted by Gasteiger charge is 2.28. The quantitative estimate of drug-likeness (QED) is 0.624. The number of rotatable bonds is 5. The predicted octanol–water partition coefficient (Wildman–Crippen LogP) is 4.31. The molecule has 9 heteroatoms. The van der Waals surface area contributed by atoms with Crippen molar-refractivity contribution < 1.29 is 9.47 Å². The summed E-state index contributed by atoms with van der Waals surface area (Å²) in [7, 11) is 0. The van der Waals surface area contributed by atoms with Crippen molar-refractivity contribution in [1.82, 2.24) is 14.4 Å². The monoisotopic (exact) mass is 449 g/mol. The molecule has 1 aliphatic rings. The van der Waals surface area contributed by atoms with Crippen molar-refractivity contribution in [3.8, 4) is 5.75 Å². The second kappa shape index (κ2) is 8.49. The lowest BCUT2D eigenvalue weighted by Crippen LogP contribution is -2.37. The van der Waals surface area contributed by atoms with Gasteiger partial charge in [0.1, 0.15) is 17.1 Å². The van der Waals surface area contributed by atoms with Crippen LogP contribution in [0.4, 0.5) is 11.5 Å². The van der Waals surface area contributed by atoms with Gasteiger partial charge in [0.15, 0.2) is 11.0 Å². The summed E-state index contributed by atoms with van der Waals surface area (Å²) in [6, 6.07) is 1.97. The van der Waals surface area contributed by atoms with E-state index in [1.54, 1.807) is 6.20 Å². The molecular weight excluding hydrogens is 425 g/mol. The second-order valence-electron chi connectivity index (χ2n) is 7.30. The molecule has 1 aromatic carbocycles. The molecule has 7 nitrogen and oxygen atoms in total. The molecule has 30 heavy (non-hydrogen) atoms. The van der Waals surface area contributed by atoms with E-state index in [1.807, 2.05) is 30.5 Å². The maximum absolute atomic E-state index is 6.69. The van der Waals surface area contributed by atoms with Gasteiger partial charge in [-0.3, -0.25) is 4.40 Å². The Labute approximate surface area is 185 Å². The molecule has 0 spiro atoms. The Hall–Kier alpha value is -2.22. The Morgan fingerprint density at radius 3 is 2.73 bits per heavy atom. The van der Waals surface area contributed by atoms with Crippen LogP contribution in [0.2, 0.25) is 10.2 Å². The first-order valence-electron chi connectivity index (χ1n) is 10.00. The average Bonchev–Trinajstić information content (AvgIpc) is 3.09. The summed E-state index contributed by atoms with van der Waals surface area (Å²) in [5.41, 5.74) is 9.60. The molecule has 0 amide bonds. The normalized spacial score (nSPS) is 15.6. The molecule has 1 saturated heterocycles. The van der Waals surface area contributed by atoms with Gasteiger partial charge < -0.3 is 20.1 Å². The summed E-state index contributed by atoms with van der Waals surface area (Å²) >= 11 is 13.1. The molecule has 0 saturated carbocycles. The van der Waals surface area contributed by atoms with Gasteiger partial charge in [-0.15, -0.1) is 0 Å². The fourth-order valence-corrected chi connectivity index (χ4v) is 4.48. The molecule has 2 aromatic heterocycles. The summed E-state index contributed by atoms with van der Waals surface area (Å²) in [5.74, 6) is 1.77. The van der Waals surface area contributed by atoms with Gasteiger partial charge in [-0.1, -0.05) is 30.1 Å². The summed E-state index contributed by atoms with van der Waals surface area (Å²) in [6.07, 6.45) is 3.46. The lowest BCUT2D eigenvalue weighted by molar-refractivity contribution is 0.122. The average molecular weight is 450 g/mol. The van der Waals surface area contributed by atoms with Crippen LogP contribution >= 0.6 is 23.2 Å². The number of benzene rings is 1. The van der Waals surface area contributed by atoms with Crippen molar-refractivity contribution in [2.75, 3.05) is 43.5 Å². The minimum absolute atomic E-state index is 0.147.